The van der Waals surface area contributed by atoms with Gasteiger partial charge in [-0.05, 0) is 56.4 Å². The smallest absolute Gasteiger partial charge is 0.264 e. The van der Waals surface area contributed by atoms with Crippen molar-refractivity contribution in [3.63, 3.8) is 0 Å². The van der Waals surface area contributed by atoms with Crippen molar-refractivity contribution >= 4 is 5.91 Å². The van der Waals surface area contributed by atoms with E-state index in [9.17, 15) is 15.0 Å². The van der Waals surface area contributed by atoms with E-state index in [4.69, 9.17) is 4.74 Å². The lowest BCUT2D eigenvalue weighted by molar-refractivity contribution is -0.138. The van der Waals surface area contributed by atoms with E-state index in [1.807, 2.05) is 51.1 Å². The first-order valence-corrected chi connectivity index (χ1v) is 9.26. The Morgan fingerprint density at radius 1 is 1.19 bits per heavy atom. The molecule has 0 aromatic heterocycles. The summed E-state index contributed by atoms with van der Waals surface area (Å²) in [4.78, 5) is 13.0. The Morgan fingerprint density at radius 3 is 2.48 bits per heavy atom. The van der Waals surface area contributed by atoms with Gasteiger partial charge in [-0.2, -0.15) is 0 Å². The summed E-state index contributed by atoms with van der Waals surface area (Å²) in [5.74, 6) is 0.734. The van der Waals surface area contributed by atoms with Gasteiger partial charge in [-0.3, -0.25) is 4.79 Å². The van der Waals surface area contributed by atoms with Crippen LogP contribution < -0.4 is 10.1 Å². The molecule has 144 valence electrons. The quantitative estimate of drug-likeness (QED) is 0.773. The molecule has 0 spiro atoms. The highest BCUT2D eigenvalue weighted by molar-refractivity contribution is 5.86. The minimum atomic E-state index is -1.03. The molecule has 1 aliphatic heterocycles. The molecule has 1 amide bonds. The number of carbonyl (C=O) groups excluding carboxylic acids is 1. The molecule has 0 fully saturated rings. The lowest BCUT2D eigenvalue weighted by Gasteiger charge is -2.37. The first-order valence-electron chi connectivity index (χ1n) is 9.26. The average Bonchev–Trinajstić information content (AvgIpc) is 2.69. The molecule has 0 saturated heterocycles. The maximum atomic E-state index is 13.0. The average molecular weight is 369 g/mol. The van der Waals surface area contributed by atoms with Gasteiger partial charge in [0.2, 0.25) is 0 Å². The van der Waals surface area contributed by atoms with Crippen molar-refractivity contribution in [2.24, 2.45) is 0 Å². The maximum Gasteiger partial charge on any atom is 0.264 e. The van der Waals surface area contributed by atoms with E-state index in [1.165, 1.54) is 0 Å². The van der Waals surface area contributed by atoms with Crippen LogP contribution >= 0.6 is 0 Å². The van der Waals surface area contributed by atoms with E-state index in [-0.39, 0.29) is 12.5 Å². The summed E-state index contributed by atoms with van der Waals surface area (Å²) >= 11 is 0. The van der Waals surface area contributed by atoms with Gasteiger partial charge >= 0.3 is 0 Å². The van der Waals surface area contributed by atoms with Gasteiger partial charge in [-0.25, -0.2) is 0 Å². The highest BCUT2D eigenvalue weighted by Crippen LogP contribution is 2.43. The summed E-state index contributed by atoms with van der Waals surface area (Å²) < 4.78 is 6.21. The summed E-state index contributed by atoms with van der Waals surface area (Å²) in [7, 11) is 0. The van der Waals surface area contributed by atoms with Gasteiger partial charge in [0.1, 0.15) is 11.5 Å². The number of hydrogen-bond donors (Lipinski definition) is 3. The molecule has 0 aliphatic carbocycles. The van der Waals surface area contributed by atoms with Crippen molar-refractivity contribution in [2.45, 2.75) is 52.2 Å². The topological polar surface area (TPSA) is 78.8 Å². The molecule has 3 N–H and O–H groups in total. The number of phenolic OH excluding ortho intramolecular Hbond substituents is 1. The second kappa shape index (κ2) is 7.24. The highest BCUT2D eigenvalue weighted by atomic mass is 16.5. The Bertz CT molecular complexity index is 863. The van der Waals surface area contributed by atoms with Crippen LogP contribution in [-0.2, 0) is 11.2 Å². The zero-order chi connectivity index (χ0) is 19.8. The van der Waals surface area contributed by atoms with Crippen LogP contribution in [0.2, 0.25) is 0 Å². The molecular weight excluding hydrogens is 342 g/mol. The normalized spacial score (nSPS) is 19.7. The Morgan fingerprint density at radius 2 is 1.85 bits per heavy atom. The van der Waals surface area contributed by atoms with Gasteiger partial charge in [0.15, 0.2) is 5.60 Å². The monoisotopic (exact) mass is 369 g/mol. The number of aromatic hydroxyl groups is 1. The number of hydrogen-bond acceptors (Lipinski definition) is 4. The highest BCUT2D eigenvalue weighted by Gasteiger charge is 2.41. The summed E-state index contributed by atoms with van der Waals surface area (Å²) in [6, 6.07) is 8.91. The molecule has 2 aromatic rings. The summed E-state index contributed by atoms with van der Waals surface area (Å²) in [6.07, 6.45) is 1.15. The molecule has 0 radical (unpaired) electrons. The number of phenols is 1. The largest absolute Gasteiger partial charge is 0.507 e. The van der Waals surface area contributed by atoms with Gasteiger partial charge in [-0.1, -0.05) is 30.3 Å². The number of amides is 1. The van der Waals surface area contributed by atoms with Crippen LogP contribution in [0.1, 0.15) is 47.2 Å². The molecule has 1 aliphatic rings. The molecule has 27 heavy (non-hydrogen) atoms. The summed E-state index contributed by atoms with van der Waals surface area (Å²) in [6.45, 7) is 7.22. The van der Waals surface area contributed by atoms with Crippen LogP contribution in [-0.4, -0.2) is 28.3 Å². The van der Waals surface area contributed by atoms with Crippen LogP contribution in [0.25, 0.3) is 0 Å². The number of ether oxygens (including phenoxy) is 1. The van der Waals surface area contributed by atoms with Gasteiger partial charge in [0, 0.05) is 12.0 Å². The zero-order valence-electron chi connectivity index (χ0n) is 16.3. The first-order chi connectivity index (χ1) is 12.8. The minimum Gasteiger partial charge on any atom is -0.507 e. The third kappa shape index (κ3) is 3.39. The van der Waals surface area contributed by atoms with E-state index in [0.29, 0.717) is 24.3 Å². The van der Waals surface area contributed by atoms with Crippen molar-refractivity contribution < 1.29 is 19.7 Å². The molecule has 2 atom stereocenters. The third-order valence-corrected chi connectivity index (χ3v) is 5.69. The number of benzene rings is 2. The van der Waals surface area contributed by atoms with Crippen LogP contribution in [0, 0.1) is 20.8 Å². The summed E-state index contributed by atoms with van der Waals surface area (Å²) in [5.41, 5.74) is 3.22. The molecule has 5 nitrogen and oxygen atoms in total. The second-order valence-electron chi connectivity index (χ2n) is 7.48. The fourth-order valence-electron chi connectivity index (χ4n) is 3.64. The molecule has 1 unspecified atom stereocenters. The fourth-order valence-corrected chi connectivity index (χ4v) is 3.64. The zero-order valence-corrected chi connectivity index (χ0v) is 16.3. The number of rotatable bonds is 4. The van der Waals surface area contributed by atoms with E-state index in [1.54, 1.807) is 6.92 Å². The second-order valence-corrected chi connectivity index (χ2v) is 7.48. The molecule has 0 bridgehead atoms. The third-order valence-electron chi connectivity index (χ3n) is 5.69. The number of aliphatic hydroxyl groups excluding tert-OH is 1. The van der Waals surface area contributed by atoms with Gasteiger partial charge in [0.25, 0.3) is 5.91 Å². The lowest BCUT2D eigenvalue weighted by atomic mass is 9.86. The predicted molar refractivity (Wildman–Crippen MR) is 104 cm³/mol. The van der Waals surface area contributed by atoms with E-state index >= 15 is 0 Å². The Balaban J connectivity index is 1.87. The van der Waals surface area contributed by atoms with Crippen molar-refractivity contribution in [3.05, 3.63) is 58.1 Å². The van der Waals surface area contributed by atoms with Gasteiger partial charge in [0.05, 0.1) is 12.6 Å². The molecule has 5 heteroatoms. The van der Waals surface area contributed by atoms with Gasteiger partial charge in [-0.15, -0.1) is 0 Å². The maximum absolute atomic E-state index is 13.0. The number of nitrogens with one attached hydrogen (secondary N) is 1. The fraction of sp³-hybridized carbons (Fsp3) is 0.409. The standard InChI is InChI=1S/C22H27NO4/c1-13-14(2)20-17(15(3)19(13)25)10-11-22(4,27-20)21(26)23-18(12-24)16-8-6-5-7-9-16/h5-9,18,24-25H,10-12H2,1-4H3,(H,23,26)/t18-,22?/m1/s1. The number of aliphatic hydroxyl groups is 1. The SMILES string of the molecule is Cc1c(C)c2c(c(C)c1O)CCC(C)(C(=O)N[C@H](CO)c1ccccc1)O2. The molecule has 2 aromatic carbocycles. The lowest BCUT2D eigenvalue weighted by Crippen LogP contribution is -2.52. The number of carbonyl (C=O) groups is 1. The molecule has 3 rings (SSSR count). The summed E-state index contributed by atoms with van der Waals surface area (Å²) in [5, 5.41) is 23.0. The van der Waals surface area contributed by atoms with Crippen molar-refractivity contribution in [1.29, 1.82) is 0 Å². The number of fused-ring (bicyclic) bond motifs is 1. The molecule has 1 heterocycles. The molecular formula is C22H27NO4. The van der Waals surface area contributed by atoms with Crippen LogP contribution in [0.5, 0.6) is 11.5 Å². The van der Waals surface area contributed by atoms with E-state index < -0.39 is 11.6 Å². The Labute approximate surface area is 160 Å². The van der Waals surface area contributed by atoms with Crippen LogP contribution in [0.15, 0.2) is 30.3 Å². The first kappa shape index (κ1) is 19.2. The van der Waals surface area contributed by atoms with E-state index in [0.717, 1.165) is 27.8 Å². The van der Waals surface area contributed by atoms with Crippen molar-refractivity contribution in [1.82, 2.24) is 5.32 Å². The molecule has 0 saturated carbocycles. The van der Waals surface area contributed by atoms with Gasteiger partial charge < -0.3 is 20.3 Å². The Hall–Kier alpha value is -2.53. The van der Waals surface area contributed by atoms with Crippen LogP contribution in [0.4, 0.5) is 0 Å². The minimum absolute atomic E-state index is 0.187. The predicted octanol–water partition coefficient (Wildman–Crippen LogP) is 3.25. The van der Waals surface area contributed by atoms with Crippen molar-refractivity contribution in [2.75, 3.05) is 6.61 Å². The van der Waals surface area contributed by atoms with E-state index in [2.05, 4.69) is 5.32 Å². The van der Waals surface area contributed by atoms with Crippen LogP contribution in [0.3, 0.4) is 0 Å². The Kier molecular flexibility index (Phi) is 5.16. The van der Waals surface area contributed by atoms with Crippen molar-refractivity contribution in [3.8, 4) is 11.5 Å².